The highest BCUT2D eigenvalue weighted by Gasteiger charge is 2.28. The minimum atomic E-state index is -3.97. The molecule has 7 nitrogen and oxygen atoms in total. The average Bonchev–Trinajstić information content (AvgIpc) is 2.87. The van der Waals surface area contributed by atoms with Crippen LogP contribution in [0.5, 0.6) is 0 Å². The summed E-state index contributed by atoms with van der Waals surface area (Å²) in [5.41, 5.74) is 8.01. The van der Waals surface area contributed by atoms with Gasteiger partial charge >= 0.3 is 0 Å². The van der Waals surface area contributed by atoms with E-state index in [1.54, 1.807) is 47.4 Å². The number of piperazine rings is 1. The van der Waals surface area contributed by atoms with Gasteiger partial charge in [0.1, 0.15) is 16.5 Å². The summed E-state index contributed by atoms with van der Waals surface area (Å²) in [7, 11) is -3.97. The monoisotopic (exact) mass is 552 g/mol. The molecule has 1 heterocycles. The highest BCUT2D eigenvalue weighted by atomic mass is 32.2. The SMILES string of the molecule is C=C/C=C\c1cccc(S(=O)(=O)Nc2ccc(C(=O)N3CCN(Cc4cc(F)cc(F)c4)C[C@@H]3C)cc2)c1N. The van der Waals surface area contributed by atoms with Crippen molar-refractivity contribution in [2.45, 2.75) is 24.4 Å². The zero-order valence-corrected chi connectivity index (χ0v) is 22.3. The molecule has 3 aromatic rings. The third-order valence-electron chi connectivity index (χ3n) is 6.49. The summed E-state index contributed by atoms with van der Waals surface area (Å²) in [5, 5.41) is 0. The number of nitrogens with zero attached hydrogens (tertiary/aromatic N) is 2. The number of halogens is 2. The lowest BCUT2D eigenvalue weighted by molar-refractivity contribution is 0.0475. The molecular formula is C29H30F2N4O3S. The maximum atomic E-state index is 13.5. The van der Waals surface area contributed by atoms with Gasteiger partial charge in [0, 0.05) is 49.5 Å². The van der Waals surface area contributed by atoms with Crippen LogP contribution in [-0.4, -0.2) is 49.8 Å². The molecule has 4 rings (SSSR count). The number of carbonyl (C=O) groups excluding carboxylic acids is 1. The van der Waals surface area contributed by atoms with Gasteiger partial charge in [-0.15, -0.1) is 0 Å². The lowest BCUT2D eigenvalue weighted by Crippen LogP contribution is -2.53. The Morgan fingerprint density at radius 3 is 2.44 bits per heavy atom. The number of hydrogen-bond acceptors (Lipinski definition) is 5. The molecule has 3 N–H and O–H groups in total. The zero-order chi connectivity index (χ0) is 28.2. The highest BCUT2D eigenvalue weighted by Crippen LogP contribution is 2.26. The van der Waals surface area contributed by atoms with E-state index in [0.717, 1.165) is 6.07 Å². The van der Waals surface area contributed by atoms with Gasteiger partial charge in [0.2, 0.25) is 0 Å². The second-order valence-electron chi connectivity index (χ2n) is 9.40. The molecule has 1 saturated heterocycles. The first-order valence-electron chi connectivity index (χ1n) is 12.4. The zero-order valence-electron chi connectivity index (χ0n) is 21.5. The molecule has 10 heteroatoms. The number of rotatable bonds is 8. The second-order valence-corrected chi connectivity index (χ2v) is 11.0. The number of nitrogen functional groups attached to an aromatic ring is 1. The summed E-state index contributed by atoms with van der Waals surface area (Å²) in [6, 6.07) is 14.3. The Morgan fingerprint density at radius 1 is 1.10 bits per heavy atom. The molecule has 0 radical (unpaired) electrons. The standard InChI is InChI=1S/C29H30F2N4O3S/c1-3-4-6-22-7-5-8-27(28(22)32)39(37,38)33-26-11-9-23(10-12-26)29(36)35-14-13-34(18-20(35)2)19-21-15-24(30)17-25(31)16-21/h3-12,15-17,20,33H,1,13-14,18-19,32H2,2H3/b6-4-/t20-/m0/s1. The van der Waals surface area contributed by atoms with Crippen LogP contribution in [0.25, 0.3) is 6.08 Å². The number of anilines is 2. The van der Waals surface area contributed by atoms with Gasteiger partial charge in [-0.1, -0.05) is 36.9 Å². The molecule has 1 aliphatic heterocycles. The number of nitrogens with two attached hydrogens (primary N) is 1. The first-order chi connectivity index (χ1) is 18.6. The van der Waals surface area contributed by atoms with E-state index in [2.05, 4.69) is 16.2 Å². The van der Waals surface area contributed by atoms with Crippen molar-refractivity contribution in [1.29, 1.82) is 0 Å². The smallest absolute Gasteiger partial charge is 0.263 e. The Bertz CT molecular complexity index is 1490. The molecule has 3 aromatic carbocycles. The maximum absolute atomic E-state index is 13.5. The summed E-state index contributed by atoms with van der Waals surface area (Å²) >= 11 is 0. The number of sulfonamides is 1. The quantitative estimate of drug-likeness (QED) is 0.306. The van der Waals surface area contributed by atoms with Gasteiger partial charge in [0.15, 0.2) is 0 Å². The van der Waals surface area contributed by atoms with Gasteiger partial charge in [-0.25, -0.2) is 17.2 Å². The maximum Gasteiger partial charge on any atom is 0.263 e. The van der Waals surface area contributed by atoms with E-state index >= 15 is 0 Å². The molecule has 1 amide bonds. The van der Waals surface area contributed by atoms with Crippen LogP contribution in [0, 0.1) is 11.6 Å². The lowest BCUT2D eigenvalue weighted by Gasteiger charge is -2.40. The third-order valence-corrected chi connectivity index (χ3v) is 7.93. The molecule has 1 aliphatic rings. The van der Waals surface area contributed by atoms with Crippen molar-refractivity contribution in [2.75, 3.05) is 30.1 Å². The van der Waals surface area contributed by atoms with Crippen LogP contribution in [0.1, 0.15) is 28.4 Å². The Morgan fingerprint density at radius 2 is 1.79 bits per heavy atom. The number of nitrogens with one attached hydrogen (secondary N) is 1. The number of benzene rings is 3. The van der Waals surface area contributed by atoms with Crippen molar-refractivity contribution < 1.29 is 22.0 Å². The fourth-order valence-corrected chi connectivity index (χ4v) is 5.83. The summed E-state index contributed by atoms with van der Waals surface area (Å²) in [6.45, 7) is 7.44. The number of carbonyl (C=O) groups is 1. The number of allylic oxidation sites excluding steroid dienone is 2. The van der Waals surface area contributed by atoms with Crippen molar-refractivity contribution in [1.82, 2.24) is 9.80 Å². The average molecular weight is 553 g/mol. The second kappa shape index (κ2) is 11.8. The van der Waals surface area contributed by atoms with Crippen molar-refractivity contribution in [3.05, 3.63) is 108 Å². The van der Waals surface area contributed by atoms with Crippen LogP contribution in [0.4, 0.5) is 20.2 Å². The predicted octanol–water partition coefficient (Wildman–Crippen LogP) is 4.89. The van der Waals surface area contributed by atoms with Gasteiger partial charge in [-0.2, -0.15) is 0 Å². The molecule has 1 atom stereocenters. The topological polar surface area (TPSA) is 95.7 Å². The number of amides is 1. The van der Waals surface area contributed by atoms with Crippen LogP contribution in [0.15, 0.2) is 84.3 Å². The summed E-state index contributed by atoms with van der Waals surface area (Å²) in [4.78, 5) is 16.9. The van der Waals surface area contributed by atoms with E-state index in [1.165, 1.54) is 30.3 Å². The molecule has 0 bridgehead atoms. The number of hydrogen-bond donors (Lipinski definition) is 2. The minimum absolute atomic E-state index is 0.0541. The predicted molar refractivity (Wildman–Crippen MR) is 149 cm³/mol. The highest BCUT2D eigenvalue weighted by molar-refractivity contribution is 7.92. The Balaban J connectivity index is 1.40. The van der Waals surface area contributed by atoms with Crippen molar-refractivity contribution in [2.24, 2.45) is 0 Å². The van der Waals surface area contributed by atoms with Gasteiger partial charge < -0.3 is 10.6 Å². The van der Waals surface area contributed by atoms with E-state index in [0.29, 0.717) is 42.9 Å². The fourth-order valence-electron chi connectivity index (χ4n) is 4.61. The summed E-state index contributed by atoms with van der Waals surface area (Å²) in [5.74, 6) is -1.41. The third kappa shape index (κ3) is 6.71. The fraction of sp³-hybridized carbons (Fsp3) is 0.207. The van der Waals surface area contributed by atoms with E-state index in [4.69, 9.17) is 5.73 Å². The van der Waals surface area contributed by atoms with Crippen LogP contribution < -0.4 is 10.5 Å². The molecule has 0 saturated carbocycles. The largest absolute Gasteiger partial charge is 0.397 e. The van der Waals surface area contributed by atoms with Crippen LogP contribution in [-0.2, 0) is 16.6 Å². The van der Waals surface area contributed by atoms with Crippen molar-refractivity contribution >= 4 is 33.4 Å². The van der Waals surface area contributed by atoms with E-state index in [9.17, 15) is 22.0 Å². The van der Waals surface area contributed by atoms with Gasteiger partial charge in [0.05, 0.1) is 5.69 Å². The van der Waals surface area contributed by atoms with Gasteiger partial charge in [-0.3, -0.25) is 14.4 Å². The minimum Gasteiger partial charge on any atom is -0.397 e. The van der Waals surface area contributed by atoms with Crippen molar-refractivity contribution in [3.63, 3.8) is 0 Å². The molecule has 0 aromatic heterocycles. The van der Waals surface area contributed by atoms with Gasteiger partial charge in [-0.05, 0) is 60.5 Å². The van der Waals surface area contributed by atoms with Crippen LogP contribution in [0.3, 0.4) is 0 Å². The molecule has 0 aliphatic carbocycles. The molecule has 1 fully saturated rings. The van der Waals surface area contributed by atoms with E-state index in [1.807, 2.05) is 6.92 Å². The Hall–Kier alpha value is -4.02. The van der Waals surface area contributed by atoms with Crippen LogP contribution in [0.2, 0.25) is 0 Å². The summed E-state index contributed by atoms with van der Waals surface area (Å²) in [6.07, 6.45) is 4.90. The molecular weight excluding hydrogens is 522 g/mol. The molecule has 39 heavy (non-hydrogen) atoms. The first kappa shape index (κ1) is 28.0. The van der Waals surface area contributed by atoms with E-state index < -0.39 is 21.7 Å². The normalized spacial score (nSPS) is 16.4. The Labute approximate surface area is 227 Å². The Kier molecular flexibility index (Phi) is 8.47. The van der Waals surface area contributed by atoms with E-state index in [-0.39, 0.29) is 28.2 Å². The molecule has 0 spiro atoms. The van der Waals surface area contributed by atoms with Gasteiger partial charge in [0.25, 0.3) is 15.9 Å². The molecule has 204 valence electrons. The summed E-state index contributed by atoms with van der Waals surface area (Å²) < 4.78 is 55.6. The number of para-hydroxylation sites is 1. The van der Waals surface area contributed by atoms with Crippen molar-refractivity contribution in [3.8, 4) is 0 Å². The van der Waals surface area contributed by atoms with Crippen LogP contribution >= 0.6 is 0 Å². The molecule has 0 unspecified atom stereocenters. The lowest BCUT2D eigenvalue weighted by atomic mass is 10.1. The first-order valence-corrected chi connectivity index (χ1v) is 13.8.